The topological polar surface area (TPSA) is 41.6 Å². The number of aryl methyl sites for hydroxylation is 1. The molecule has 7 heteroatoms. The Balaban J connectivity index is 1.56. The number of carbonyl (C=O) groups excluding carboxylic acids is 1. The number of alkyl halides is 1. The van der Waals surface area contributed by atoms with Gasteiger partial charge >= 0.3 is 5.97 Å². The first-order valence-electron chi connectivity index (χ1n) is 13.0. The van der Waals surface area contributed by atoms with Crippen LogP contribution in [0.25, 0.3) is 11.1 Å². The Kier molecular flexibility index (Phi) is 8.37. The van der Waals surface area contributed by atoms with Gasteiger partial charge in [0.2, 0.25) is 0 Å². The summed E-state index contributed by atoms with van der Waals surface area (Å²) in [5, 5.41) is 4.87. The maximum Gasteiger partial charge on any atom is 0.337 e. The van der Waals surface area contributed by atoms with Gasteiger partial charge in [0.05, 0.1) is 25.4 Å². The van der Waals surface area contributed by atoms with Gasteiger partial charge in [-0.3, -0.25) is 9.29 Å². The lowest BCUT2D eigenvalue weighted by Gasteiger charge is -2.40. The van der Waals surface area contributed by atoms with Crippen LogP contribution >= 0.6 is 23.2 Å². The molecule has 198 valence electrons. The van der Waals surface area contributed by atoms with E-state index < -0.39 is 0 Å². The number of methoxy groups -OCH3 is 1. The number of hydrogen-bond acceptors (Lipinski definition) is 4. The fourth-order valence-electron chi connectivity index (χ4n) is 5.49. The molecule has 0 unspecified atom stereocenters. The second-order valence-electron chi connectivity index (χ2n) is 9.92. The number of benzene rings is 3. The zero-order valence-electron chi connectivity index (χ0n) is 21.4. The monoisotopic (exact) mass is 552 g/mol. The molecular weight excluding hydrogens is 522 g/mol. The van der Waals surface area contributed by atoms with Crippen molar-refractivity contribution in [2.75, 3.05) is 38.7 Å². The molecule has 0 bridgehead atoms. The number of carbonyl (C=O) groups is 1. The van der Waals surface area contributed by atoms with Crippen molar-refractivity contribution in [1.29, 1.82) is 0 Å². The third-order valence-corrected chi connectivity index (χ3v) is 7.86. The molecule has 0 aromatic heterocycles. The number of nitrogens with zero attached hydrogens (tertiary/aromatic N) is 1. The Bertz CT molecular complexity index is 1370. The minimum atomic E-state index is -0.337. The van der Waals surface area contributed by atoms with Crippen LogP contribution < -0.4 is 5.32 Å². The van der Waals surface area contributed by atoms with Crippen LogP contribution in [0.1, 0.15) is 51.9 Å². The van der Waals surface area contributed by atoms with Gasteiger partial charge in [0.1, 0.15) is 0 Å². The van der Waals surface area contributed by atoms with Crippen molar-refractivity contribution < 1.29 is 13.9 Å². The quantitative estimate of drug-likeness (QED) is 0.293. The summed E-state index contributed by atoms with van der Waals surface area (Å²) >= 11 is 13.0. The number of allylic oxidation sites excluding steroid dienone is 1. The number of anilines is 1. The second-order valence-corrected chi connectivity index (χ2v) is 10.8. The van der Waals surface area contributed by atoms with Crippen LogP contribution in [0.4, 0.5) is 10.1 Å². The molecule has 5 rings (SSSR count). The lowest BCUT2D eigenvalue weighted by molar-refractivity contribution is 0.0600. The highest BCUT2D eigenvalue weighted by Gasteiger charge is 2.27. The number of halogens is 3. The Morgan fingerprint density at radius 2 is 1.87 bits per heavy atom. The van der Waals surface area contributed by atoms with Gasteiger partial charge in [-0.2, -0.15) is 0 Å². The molecule has 1 aliphatic carbocycles. The summed E-state index contributed by atoms with van der Waals surface area (Å²) in [5.74, 6) is -0.337. The predicted molar refractivity (Wildman–Crippen MR) is 154 cm³/mol. The van der Waals surface area contributed by atoms with Crippen LogP contribution in [0.15, 0.2) is 60.7 Å². The summed E-state index contributed by atoms with van der Waals surface area (Å²) in [6, 6.07) is 20.3. The van der Waals surface area contributed by atoms with E-state index in [1.54, 1.807) is 6.07 Å². The molecule has 38 heavy (non-hydrogen) atoms. The minimum absolute atomic E-state index is 0.270. The molecule has 3 aromatic carbocycles. The minimum Gasteiger partial charge on any atom is -0.465 e. The van der Waals surface area contributed by atoms with Crippen LogP contribution in [0, 0.1) is 0 Å². The van der Waals surface area contributed by atoms with E-state index in [-0.39, 0.29) is 12.6 Å². The molecular formula is C31H31Cl2FN2O2. The molecule has 3 aromatic rings. The van der Waals surface area contributed by atoms with Crippen molar-refractivity contribution >= 4 is 46.0 Å². The lowest BCUT2D eigenvalue weighted by Crippen LogP contribution is -2.54. The van der Waals surface area contributed by atoms with E-state index in [0.717, 1.165) is 78.0 Å². The van der Waals surface area contributed by atoms with Gasteiger partial charge in [-0.25, -0.2) is 4.79 Å². The summed E-state index contributed by atoms with van der Waals surface area (Å²) in [5.41, 5.74) is 8.13. The summed E-state index contributed by atoms with van der Waals surface area (Å²) < 4.78 is 17.5. The molecule has 0 radical (unpaired) electrons. The molecule has 1 aliphatic heterocycles. The van der Waals surface area contributed by atoms with Crippen molar-refractivity contribution in [3.63, 3.8) is 0 Å². The summed E-state index contributed by atoms with van der Waals surface area (Å²) in [6.07, 6.45) is 3.18. The van der Waals surface area contributed by atoms with Crippen LogP contribution in [-0.4, -0.2) is 50.3 Å². The fourth-order valence-corrected chi connectivity index (χ4v) is 6.02. The van der Waals surface area contributed by atoms with E-state index in [4.69, 9.17) is 27.9 Å². The van der Waals surface area contributed by atoms with E-state index in [2.05, 4.69) is 34.5 Å². The normalized spacial score (nSPS) is 16.0. The molecule has 0 saturated carbocycles. The van der Waals surface area contributed by atoms with E-state index in [1.807, 2.05) is 30.3 Å². The van der Waals surface area contributed by atoms with Crippen molar-refractivity contribution in [2.24, 2.45) is 0 Å². The zero-order valence-corrected chi connectivity index (χ0v) is 22.9. The highest BCUT2D eigenvalue weighted by atomic mass is 35.5. The molecule has 1 heterocycles. The second kappa shape index (κ2) is 11.9. The number of hydrogen-bond donors (Lipinski definition) is 1. The number of nitrogens with one attached hydrogen (secondary N) is 1. The first-order chi connectivity index (χ1) is 18.5. The van der Waals surface area contributed by atoms with E-state index in [0.29, 0.717) is 28.1 Å². The summed E-state index contributed by atoms with van der Waals surface area (Å²) in [6.45, 7) is 2.36. The zero-order chi connectivity index (χ0) is 26.6. The third kappa shape index (κ3) is 5.75. The van der Waals surface area contributed by atoms with E-state index in [1.165, 1.54) is 7.11 Å². The van der Waals surface area contributed by atoms with Crippen molar-refractivity contribution in [3.05, 3.63) is 98.5 Å². The molecule has 1 fully saturated rings. The van der Waals surface area contributed by atoms with Gasteiger partial charge in [-0.1, -0.05) is 47.5 Å². The third-order valence-electron chi connectivity index (χ3n) is 7.31. The van der Waals surface area contributed by atoms with Crippen LogP contribution in [0.2, 0.25) is 10.0 Å². The summed E-state index contributed by atoms with van der Waals surface area (Å²) in [4.78, 5) is 14.5. The maximum atomic E-state index is 12.5. The maximum absolute atomic E-state index is 12.5. The standard InChI is InChI=1S/C31H31Cl2FN2O2/c1-38-31(37)22-9-11-26-20(15-22)5-3-8-28(27-12-10-23(32)17-29(27)33)30(26)21-6-2-7-24(16-21)35-25-18-36(19-25)14-4-13-34/h2,6-7,9-12,15-17,25,35H,3-5,8,13-14,18-19H2,1H3. The average Bonchev–Trinajstić information content (AvgIpc) is 3.08. The number of esters is 1. The largest absolute Gasteiger partial charge is 0.465 e. The van der Waals surface area contributed by atoms with Crippen molar-refractivity contribution in [3.8, 4) is 0 Å². The Morgan fingerprint density at radius 1 is 1.05 bits per heavy atom. The van der Waals surface area contributed by atoms with Gasteiger partial charge in [-0.15, -0.1) is 0 Å². The Labute approximate surface area is 233 Å². The first-order valence-corrected chi connectivity index (χ1v) is 13.8. The van der Waals surface area contributed by atoms with Gasteiger partial charge in [0, 0.05) is 35.4 Å². The van der Waals surface area contributed by atoms with Gasteiger partial charge in [-0.05, 0) is 95.5 Å². The number of rotatable bonds is 8. The molecule has 1 N–H and O–H groups in total. The molecule has 0 atom stereocenters. The van der Waals surface area contributed by atoms with Crippen LogP contribution in [0.3, 0.4) is 0 Å². The van der Waals surface area contributed by atoms with Gasteiger partial charge < -0.3 is 10.1 Å². The van der Waals surface area contributed by atoms with Crippen LogP contribution in [0.5, 0.6) is 0 Å². The SMILES string of the molecule is COC(=O)c1ccc2c(c1)CCCC(c1ccc(Cl)cc1Cl)=C2c1cccc(NC2CN(CCCF)C2)c1. The number of likely N-dealkylation sites (tertiary alicyclic amines) is 1. The van der Waals surface area contributed by atoms with Crippen molar-refractivity contribution in [2.45, 2.75) is 31.7 Å². The fraction of sp³-hybridized carbons (Fsp3) is 0.323. The molecule has 4 nitrogen and oxygen atoms in total. The Morgan fingerprint density at radius 3 is 2.63 bits per heavy atom. The van der Waals surface area contributed by atoms with Crippen molar-refractivity contribution in [1.82, 2.24) is 4.90 Å². The van der Waals surface area contributed by atoms with Crippen LogP contribution in [-0.2, 0) is 11.2 Å². The molecule has 0 amide bonds. The average molecular weight is 554 g/mol. The van der Waals surface area contributed by atoms with Gasteiger partial charge in [0.15, 0.2) is 0 Å². The molecule has 2 aliphatic rings. The van der Waals surface area contributed by atoms with E-state index in [9.17, 15) is 9.18 Å². The summed E-state index contributed by atoms with van der Waals surface area (Å²) in [7, 11) is 1.40. The number of ether oxygens (including phenoxy) is 1. The predicted octanol–water partition coefficient (Wildman–Crippen LogP) is 7.53. The van der Waals surface area contributed by atoms with Gasteiger partial charge in [0.25, 0.3) is 0 Å². The highest BCUT2D eigenvalue weighted by Crippen LogP contribution is 2.43. The van der Waals surface area contributed by atoms with E-state index >= 15 is 0 Å². The molecule has 1 saturated heterocycles. The Hall–Kier alpha value is -2.86. The number of fused-ring (bicyclic) bond motifs is 1. The highest BCUT2D eigenvalue weighted by molar-refractivity contribution is 6.36. The molecule has 0 spiro atoms. The smallest absolute Gasteiger partial charge is 0.337 e. The first kappa shape index (κ1) is 26.7. The lowest BCUT2D eigenvalue weighted by atomic mass is 9.87.